The van der Waals surface area contributed by atoms with Gasteiger partial charge in [-0.2, -0.15) is 0 Å². The average Bonchev–Trinajstić information content (AvgIpc) is 2.20. The number of nitrogens with zero attached hydrogens (tertiary/aromatic N) is 1. The second kappa shape index (κ2) is 6.14. The Balaban J connectivity index is 2.64. The van der Waals surface area contributed by atoms with E-state index in [1.807, 2.05) is 6.92 Å². The van der Waals surface area contributed by atoms with Crippen LogP contribution in [0.4, 0.5) is 5.82 Å². The molecule has 1 aromatic rings. The quantitative estimate of drug-likeness (QED) is 0.870. The zero-order chi connectivity index (χ0) is 14.6. The van der Waals surface area contributed by atoms with Gasteiger partial charge in [0.25, 0.3) is 0 Å². The molecule has 0 saturated heterocycles. The van der Waals surface area contributed by atoms with Crippen LogP contribution in [0.15, 0.2) is 16.6 Å². The molecule has 0 radical (unpaired) electrons. The summed E-state index contributed by atoms with van der Waals surface area (Å²) in [5, 5.41) is 11.4. The number of aromatic nitrogens is 1. The van der Waals surface area contributed by atoms with Gasteiger partial charge in [0, 0.05) is 10.9 Å². The number of carboxylic acids is 1. The van der Waals surface area contributed by atoms with Gasteiger partial charge in [-0.15, -0.1) is 0 Å². The average molecular weight is 329 g/mol. The first-order valence-corrected chi connectivity index (χ1v) is 6.64. The minimum Gasteiger partial charge on any atom is -0.481 e. The number of halogens is 1. The molecule has 19 heavy (non-hydrogen) atoms. The van der Waals surface area contributed by atoms with Gasteiger partial charge in [0.15, 0.2) is 0 Å². The smallest absolute Gasteiger partial charge is 0.303 e. The molecule has 0 fully saturated rings. The van der Waals surface area contributed by atoms with Gasteiger partial charge < -0.3 is 10.4 Å². The van der Waals surface area contributed by atoms with E-state index in [0.717, 1.165) is 10.2 Å². The van der Waals surface area contributed by atoms with Crippen molar-refractivity contribution in [2.45, 2.75) is 33.6 Å². The number of rotatable bonds is 5. The fraction of sp³-hybridized carbons (Fsp3) is 0.462. The van der Waals surface area contributed by atoms with Crippen LogP contribution in [0.1, 0.15) is 32.4 Å². The van der Waals surface area contributed by atoms with Gasteiger partial charge >= 0.3 is 5.97 Å². The minimum absolute atomic E-state index is 0.0484. The molecule has 2 N–H and O–H groups in total. The first-order valence-electron chi connectivity index (χ1n) is 5.84. The van der Waals surface area contributed by atoms with Crippen LogP contribution in [0, 0.1) is 12.3 Å². The van der Waals surface area contributed by atoms with E-state index in [9.17, 15) is 9.59 Å². The van der Waals surface area contributed by atoms with Gasteiger partial charge in [0.1, 0.15) is 5.82 Å². The van der Waals surface area contributed by atoms with E-state index < -0.39 is 11.4 Å². The van der Waals surface area contributed by atoms with Crippen LogP contribution >= 0.6 is 15.9 Å². The molecule has 0 unspecified atom stereocenters. The van der Waals surface area contributed by atoms with Gasteiger partial charge in [-0.1, -0.05) is 13.8 Å². The highest BCUT2D eigenvalue weighted by Gasteiger charge is 2.25. The van der Waals surface area contributed by atoms with Crippen LogP contribution in [-0.4, -0.2) is 22.0 Å². The Morgan fingerprint density at radius 1 is 1.37 bits per heavy atom. The van der Waals surface area contributed by atoms with Crippen LogP contribution in [0.25, 0.3) is 0 Å². The number of aryl methyl sites for hydroxylation is 1. The molecule has 1 heterocycles. The summed E-state index contributed by atoms with van der Waals surface area (Å²) in [6.45, 7) is 5.33. The number of hydrogen-bond acceptors (Lipinski definition) is 3. The lowest BCUT2D eigenvalue weighted by atomic mass is 9.85. The van der Waals surface area contributed by atoms with Crippen LogP contribution in [0.3, 0.4) is 0 Å². The first-order chi connectivity index (χ1) is 8.69. The molecule has 6 heteroatoms. The maximum atomic E-state index is 11.9. The predicted molar refractivity (Wildman–Crippen MR) is 76.0 cm³/mol. The van der Waals surface area contributed by atoms with E-state index in [4.69, 9.17) is 5.11 Å². The third kappa shape index (κ3) is 5.38. The summed E-state index contributed by atoms with van der Waals surface area (Å²) in [5.41, 5.74) is 0.197. The Hall–Kier alpha value is -1.43. The molecular formula is C13H17BrN2O3. The van der Waals surface area contributed by atoms with Crippen molar-refractivity contribution in [1.29, 1.82) is 0 Å². The lowest BCUT2D eigenvalue weighted by Gasteiger charge is -2.21. The molecule has 0 spiro atoms. The van der Waals surface area contributed by atoms with E-state index in [1.165, 1.54) is 0 Å². The normalized spacial score (nSPS) is 11.2. The standard InChI is InChI=1S/C13H17BrN2O3/c1-8-9(14)4-5-10(15-8)16-11(17)6-13(2,3)7-12(18)19/h4-5H,6-7H2,1-3H3,(H,18,19)(H,15,16,17). The lowest BCUT2D eigenvalue weighted by molar-refractivity contribution is -0.139. The number of amides is 1. The zero-order valence-corrected chi connectivity index (χ0v) is 12.7. The molecule has 0 atom stereocenters. The summed E-state index contributed by atoms with van der Waals surface area (Å²) in [4.78, 5) is 26.7. The van der Waals surface area contributed by atoms with Crippen molar-refractivity contribution in [2.75, 3.05) is 5.32 Å². The second-order valence-electron chi connectivity index (χ2n) is 5.22. The van der Waals surface area contributed by atoms with Gasteiger partial charge in [-0.05, 0) is 40.4 Å². The van der Waals surface area contributed by atoms with E-state index >= 15 is 0 Å². The second-order valence-corrected chi connectivity index (χ2v) is 6.08. The predicted octanol–water partition coefficient (Wildman–Crippen LogP) is 2.98. The summed E-state index contributed by atoms with van der Waals surface area (Å²) < 4.78 is 0.872. The van der Waals surface area contributed by atoms with Crippen molar-refractivity contribution in [2.24, 2.45) is 5.41 Å². The third-order valence-electron chi connectivity index (χ3n) is 2.56. The summed E-state index contributed by atoms with van der Waals surface area (Å²) in [6, 6.07) is 3.50. The number of aliphatic carboxylic acids is 1. The molecule has 5 nitrogen and oxygen atoms in total. The van der Waals surface area contributed by atoms with Crippen LogP contribution < -0.4 is 5.32 Å². The Morgan fingerprint density at radius 2 is 2.00 bits per heavy atom. The van der Waals surface area contributed by atoms with Crippen molar-refractivity contribution < 1.29 is 14.7 Å². The summed E-state index contributed by atoms with van der Waals surface area (Å²) >= 11 is 3.33. The van der Waals surface area contributed by atoms with E-state index in [2.05, 4.69) is 26.2 Å². The number of carboxylic acid groups (broad SMARTS) is 1. The molecule has 0 aliphatic carbocycles. The Kier molecular flexibility index (Phi) is 5.05. The molecule has 1 aromatic heterocycles. The fourth-order valence-corrected chi connectivity index (χ4v) is 1.93. The summed E-state index contributed by atoms with van der Waals surface area (Å²) in [6.07, 6.45) is 0.0866. The monoisotopic (exact) mass is 328 g/mol. The highest BCUT2D eigenvalue weighted by Crippen LogP contribution is 2.25. The number of nitrogens with one attached hydrogen (secondary N) is 1. The Morgan fingerprint density at radius 3 is 2.53 bits per heavy atom. The van der Waals surface area contributed by atoms with Crippen LogP contribution in [0.5, 0.6) is 0 Å². The van der Waals surface area contributed by atoms with Gasteiger partial charge in [-0.3, -0.25) is 9.59 Å². The third-order valence-corrected chi connectivity index (χ3v) is 3.40. The van der Waals surface area contributed by atoms with Crippen molar-refractivity contribution in [3.8, 4) is 0 Å². The largest absolute Gasteiger partial charge is 0.481 e. The molecule has 0 aromatic carbocycles. The zero-order valence-electron chi connectivity index (χ0n) is 11.2. The Labute approximate surface area is 120 Å². The topological polar surface area (TPSA) is 79.3 Å². The van der Waals surface area contributed by atoms with Gasteiger partial charge in [0.05, 0.1) is 12.1 Å². The number of anilines is 1. The molecule has 1 amide bonds. The number of carbonyl (C=O) groups is 2. The van der Waals surface area contributed by atoms with E-state index in [1.54, 1.807) is 26.0 Å². The molecule has 0 bridgehead atoms. The Bertz CT molecular complexity index is 501. The maximum Gasteiger partial charge on any atom is 0.303 e. The molecule has 0 aliphatic heterocycles. The molecule has 1 rings (SSSR count). The highest BCUT2D eigenvalue weighted by molar-refractivity contribution is 9.10. The number of hydrogen-bond donors (Lipinski definition) is 2. The van der Waals surface area contributed by atoms with Crippen molar-refractivity contribution in [1.82, 2.24) is 4.98 Å². The fourth-order valence-electron chi connectivity index (χ4n) is 1.71. The minimum atomic E-state index is -0.907. The van der Waals surface area contributed by atoms with Crippen molar-refractivity contribution in [3.05, 3.63) is 22.3 Å². The first kappa shape index (κ1) is 15.6. The van der Waals surface area contributed by atoms with Gasteiger partial charge in [0.2, 0.25) is 5.91 Å². The lowest BCUT2D eigenvalue weighted by Crippen LogP contribution is -2.25. The molecule has 0 saturated carbocycles. The molecule has 0 aliphatic rings. The van der Waals surface area contributed by atoms with Crippen LogP contribution in [-0.2, 0) is 9.59 Å². The van der Waals surface area contributed by atoms with Crippen molar-refractivity contribution in [3.63, 3.8) is 0 Å². The van der Waals surface area contributed by atoms with Gasteiger partial charge in [-0.25, -0.2) is 4.98 Å². The SMILES string of the molecule is Cc1nc(NC(=O)CC(C)(C)CC(=O)O)ccc1Br. The maximum absolute atomic E-state index is 11.9. The van der Waals surface area contributed by atoms with Crippen LogP contribution in [0.2, 0.25) is 0 Å². The van der Waals surface area contributed by atoms with E-state index in [0.29, 0.717) is 5.82 Å². The van der Waals surface area contributed by atoms with Crippen molar-refractivity contribution >= 4 is 33.6 Å². The number of pyridine rings is 1. The summed E-state index contributed by atoms with van der Waals surface area (Å²) in [5.74, 6) is -0.673. The molecule has 104 valence electrons. The number of carbonyl (C=O) groups excluding carboxylic acids is 1. The molecular weight excluding hydrogens is 312 g/mol. The van der Waals surface area contributed by atoms with E-state index in [-0.39, 0.29) is 18.7 Å². The summed E-state index contributed by atoms with van der Waals surface area (Å²) in [7, 11) is 0. The highest BCUT2D eigenvalue weighted by atomic mass is 79.9.